The first-order valence-corrected chi connectivity index (χ1v) is 11.2. The Morgan fingerprint density at radius 3 is 2.48 bits per heavy atom. The highest BCUT2D eigenvalue weighted by molar-refractivity contribution is 8.15. The Bertz CT molecular complexity index is 973. The number of rotatable bonds is 6. The molecule has 2 aromatic carbocycles. The van der Waals surface area contributed by atoms with E-state index in [4.69, 9.17) is 9.73 Å². The fraction of sp³-hybridized carbons (Fsp3) is 0.348. The third-order valence-corrected chi connectivity index (χ3v) is 6.60. The highest BCUT2D eigenvalue weighted by Gasteiger charge is 2.43. The molecule has 1 unspecified atom stereocenters. The maximum Gasteiger partial charge on any atom is 0.242 e. The smallest absolute Gasteiger partial charge is 0.242 e. The molecule has 1 saturated heterocycles. The zero-order valence-corrected chi connectivity index (χ0v) is 18.0. The van der Waals surface area contributed by atoms with Crippen molar-refractivity contribution in [2.75, 3.05) is 12.4 Å². The molecule has 0 spiro atoms. The van der Waals surface area contributed by atoms with Gasteiger partial charge in [0.2, 0.25) is 11.8 Å². The van der Waals surface area contributed by atoms with Crippen molar-refractivity contribution in [3.05, 3.63) is 54.3 Å². The Labute approximate surface area is 184 Å². The van der Waals surface area contributed by atoms with E-state index in [0.717, 1.165) is 37.1 Å². The average molecular weight is 442 g/mol. The number of hydrogen-bond acceptors (Lipinski definition) is 5. The quantitative estimate of drug-likeness (QED) is 0.703. The van der Waals surface area contributed by atoms with Gasteiger partial charge in [0.1, 0.15) is 16.8 Å². The van der Waals surface area contributed by atoms with E-state index in [2.05, 4.69) is 5.32 Å². The van der Waals surface area contributed by atoms with Crippen molar-refractivity contribution < 1.29 is 18.7 Å². The Morgan fingerprint density at radius 2 is 1.84 bits per heavy atom. The van der Waals surface area contributed by atoms with E-state index < -0.39 is 5.25 Å². The van der Waals surface area contributed by atoms with Crippen LogP contribution in [0.1, 0.15) is 32.1 Å². The Morgan fingerprint density at radius 1 is 1.16 bits per heavy atom. The van der Waals surface area contributed by atoms with E-state index in [1.54, 1.807) is 12.0 Å². The summed E-state index contributed by atoms with van der Waals surface area (Å²) in [5.74, 6) is 0.0150. The molecule has 0 aromatic heterocycles. The number of hydrogen-bond donors (Lipinski definition) is 1. The number of nitrogens with one attached hydrogen (secondary N) is 1. The minimum atomic E-state index is -0.530. The van der Waals surface area contributed by atoms with Crippen LogP contribution in [0.3, 0.4) is 0 Å². The summed E-state index contributed by atoms with van der Waals surface area (Å²) < 4.78 is 18.3. The van der Waals surface area contributed by atoms with Crippen molar-refractivity contribution >= 4 is 40.1 Å². The molecule has 0 bridgehead atoms. The molecule has 8 heteroatoms. The maximum absolute atomic E-state index is 13.2. The number of aliphatic imine (C=N–C) groups is 1. The first-order chi connectivity index (χ1) is 15.0. The van der Waals surface area contributed by atoms with Crippen LogP contribution in [-0.2, 0) is 9.59 Å². The highest BCUT2D eigenvalue weighted by atomic mass is 32.2. The molecule has 2 aliphatic rings. The molecule has 162 valence electrons. The van der Waals surface area contributed by atoms with E-state index in [1.807, 2.05) is 24.3 Å². The molecule has 2 amide bonds. The zero-order valence-electron chi connectivity index (χ0n) is 17.2. The van der Waals surface area contributed by atoms with Crippen molar-refractivity contribution in [2.45, 2.75) is 43.4 Å². The van der Waals surface area contributed by atoms with Crippen molar-refractivity contribution in [3.8, 4) is 5.75 Å². The molecule has 2 fully saturated rings. The lowest BCUT2D eigenvalue weighted by molar-refractivity contribution is -0.129. The molecule has 1 heterocycles. The van der Waals surface area contributed by atoms with Crippen LogP contribution >= 0.6 is 11.8 Å². The fourth-order valence-corrected chi connectivity index (χ4v) is 5.09. The van der Waals surface area contributed by atoms with Crippen LogP contribution in [0, 0.1) is 5.82 Å². The van der Waals surface area contributed by atoms with Gasteiger partial charge in [-0.3, -0.25) is 14.5 Å². The SMILES string of the molecule is COc1ccc(N=C2SC(CC(=O)Nc3ccc(F)cc3)C(=O)N2C2CCCC2)cc1. The Balaban J connectivity index is 1.50. The molecular weight excluding hydrogens is 417 g/mol. The molecule has 1 N–H and O–H groups in total. The number of halogens is 1. The normalized spacial score (nSPS) is 20.5. The molecule has 6 nitrogen and oxygen atoms in total. The van der Waals surface area contributed by atoms with Crippen LogP contribution < -0.4 is 10.1 Å². The van der Waals surface area contributed by atoms with Gasteiger partial charge in [-0.05, 0) is 61.4 Å². The fourth-order valence-electron chi connectivity index (χ4n) is 3.87. The molecule has 1 saturated carbocycles. The molecule has 2 aromatic rings. The lowest BCUT2D eigenvalue weighted by Gasteiger charge is -2.23. The van der Waals surface area contributed by atoms with Gasteiger partial charge in [0, 0.05) is 18.2 Å². The van der Waals surface area contributed by atoms with Gasteiger partial charge in [-0.15, -0.1) is 0 Å². The number of anilines is 1. The van der Waals surface area contributed by atoms with Crippen LogP contribution in [0.15, 0.2) is 53.5 Å². The van der Waals surface area contributed by atoms with Gasteiger partial charge in [0.05, 0.1) is 12.8 Å². The lowest BCUT2D eigenvalue weighted by Crippen LogP contribution is -2.40. The van der Waals surface area contributed by atoms with Gasteiger partial charge in [-0.25, -0.2) is 9.38 Å². The van der Waals surface area contributed by atoms with E-state index in [0.29, 0.717) is 10.9 Å². The number of carbonyl (C=O) groups excluding carboxylic acids is 2. The van der Waals surface area contributed by atoms with Gasteiger partial charge in [-0.2, -0.15) is 0 Å². The number of nitrogens with zero attached hydrogens (tertiary/aromatic N) is 2. The second kappa shape index (κ2) is 9.51. The zero-order chi connectivity index (χ0) is 21.8. The summed E-state index contributed by atoms with van der Waals surface area (Å²) in [6, 6.07) is 13.0. The van der Waals surface area contributed by atoms with Crippen molar-refractivity contribution in [1.29, 1.82) is 0 Å². The predicted molar refractivity (Wildman–Crippen MR) is 120 cm³/mol. The van der Waals surface area contributed by atoms with Gasteiger partial charge in [-0.1, -0.05) is 24.6 Å². The number of amides is 2. The summed E-state index contributed by atoms with van der Waals surface area (Å²) in [4.78, 5) is 32.2. The number of carbonyl (C=O) groups is 2. The van der Waals surface area contributed by atoms with Crippen LogP contribution in [0.2, 0.25) is 0 Å². The summed E-state index contributed by atoms with van der Waals surface area (Å²) in [7, 11) is 1.61. The number of methoxy groups -OCH3 is 1. The lowest BCUT2D eigenvalue weighted by atomic mass is 10.2. The van der Waals surface area contributed by atoms with E-state index in [-0.39, 0.29) is 30.1 Å². The van der Waals surface area contributed by atoms with E-state index in [1.165, 1.54) is 36.0 Å². The molecule has 1 atom stereocenters. The van der Waals surface area contributed by atoms with Crippen molar-refractivity contribution in [1.82, 2.24) is 4.90 Å². The second-order valence-electron chi connectivity index (χ2n) is 7.60. The number of amidine groups is 1. The van der Waals surface area contributed by atoms with Crippen molar-refractivity contribution in [3.63, 3.8) is 0 Å². The number of ether oxygens (including phenoxy) is 1. The summed E-state index contributed by atoms with van der Waals surface area (Å²) >= 11 is 1.33. The molecule has 4 rings (SSSR count). The largest absolute Gasteiger partial charge is 0.497 e. The molecule has 1 aliphatic heterocycles. The first kappa shape index (κ1) is 21.4. The third kappa shape index (κ3) is 5.07. The van der Waals surface area contributed by atoms with Gasteiger partial charge in [0.25, 0.3) is 0 Å². The van der Waals surface area contributed by atoms with E-state index >= 15 is 0 Å². The number of benzene rings is 2. The van der Waals surface area contributed by atoms with Crippen LogP contribution in [-0.4, -0.2) is 40.3 Å². The average Bonchev–Trinajstić information content (AvgIpc) is 3.39. The summed E-state index contributed by atoms with van der Waals surface area (Å²) in [5.41, 5.74) is 1.23. The predicted octanol–water partition coefficient (Wildman–Crippen LogP) is 4.74. The standard InChI is InChI=1S/C23H24FN3O3S/c1-30-19-12-10-17(11-13-19)26-23-27(18-4-2-3-5-18)22(29)20(31-23)14-21(28)25-16-8-6-15(24)7-9-16/h6-13,18,20H,2-5,14H2,1H3,(H,25,28). The summed E-state index contributed by atoms with van der Waals surface area (Å²) in [5, 5.41) is 2.85. The van der Waals surface area contributed by atoms with Gasteiger partial charge < -0.3 is 10.1 Å². The number of thioether (sulfide) groups is 1. The van der Waals surface area contributed by atoms with Gasteiger partial charge >= 0.3 is 0 Å². The molecule has 1 aliphatic carbocycles. The van der Waals surface area contributed by atoms with Crippen LogP contribution in [0.25, 0.3) is 0 Å². The minimum absolute atomic E-state index is 0.0335. The van der Waals surface area contributed by atoms with Crippen molar-refractivity contribution in [2.24, 2.45) is 4.99 Å². The van der Waals surface area contributed by atoms with Gasteiger partial charge in [0.15, 0.2) is 5.17 Å². The third-order valence-electron chi connectivity index (χ3n) is 5.45. The monoisotopic (exact) mass is 441 g/mol. The van der Waals surface area contributed by atoms with Crippen LogP contribution in [0.4, 0.5) is 15.8 Å². The molecular formula is C23H24FN3O3S. The first-order valence-electron chi connectivity index (χ1n) is 10.3. The topological polar surface area (TPSA) is 71.0 Å². The maximum atomic E-state index is 13.2. The van der Waals surface area contributed by atoms with E-state index in [9.17, 15) is 14.0 Å². The Hall–Kier alpha value is -2.87. The second-order valence-corrected chi connectivity index (χ2v) is 8.77. The Kier molecular flexibility index (Phi) is 6.56. The molecule has 31 heavy (non-hydrogen) atoms. The minimum Gasteiger partial charge on any atom is -0.497 e. The highest BCUT2D eigenvalue weighted by Crippen LogP contribution is 2.37. The molecule has 0 radical (unpaired) electrons. The van der Waals surface area contributed by atoms with Crippen LogP contribution in [0.5, 0.6) is 5.75 Å². The summed E-state index contributed by atoms with van der Waals surface area (Å²) in [6.07, 6.45) is 4.10. The summed E-state index contributed by atoms with van der Waals surface area (Å²) in [6.45, 7) is 0.